The first-order chi connectivity index (χ1) is 8.06. The summed E-state index contributed by atoms with van der Waals surface area (Å²) >= 11 is 0. The first-order valence-corrected chi connectivity index (χ1v) is 4.96. The molecule has 0 saturated carbocycles. The van der Waals surface area contributed by atoms with Crippen molar-refractivity contribution in [2.45, 2.75) is 12.8 Å². The van der Waals surface area contributed by atoms with Crippen LogP contribution in [-0.4, -0.2) is 17.6 Å². The average Bonchev–Trinajstić information content (AvgIpc) is 2.26. The van der Waals surface area contributed by atoms with E-state index in [1.807, 2.05) is 0 Å². The van der Waals surface area contributed by atoms with Crippen molar-refractivity contribution in [2.24, 2.45) is 0 Å². The molecule has 5 heteroatoms. The molecule has 17 heavy (non-hydrogen) atoms. The minimum Gasteiger partial charge on any atom is -0.478 e. The van der Waals surface area contributed by atoms with Crippen LogP contribution in [0.25, 0.3) is 0 Å². The zero-order chi connectivity index (χ0) is 12.8. The molecule has 0 fully saturated rings. The van der Waals surface area contributed by atoms with Crippen LogP contribution >= 0.6 is 0 Å². The molecule has 0 amide bonds. The normalized spacial score (nSPS) is 9.71. The first-order valence-electron chi connectivity index (χ1n) is 4.96. The molecule has 0 bridgehead atoms. The first kappa shape index (κ1) is 13.0. The summed E-state index contributed by atoms with van der Waals surface area (Å²) in [4.78, 5) is 10.5. The number of anilines is 1. The third-order valence-corrected chi connectivity index (χ3v) is 2.09. The molecule has 3 nitrogen and oxygen atoms in total. The molecule has 0 heterocycles. The van der Waals surface area contributed by atoms with Gasteiger partial charge in [-0.1, -0.05) is 0 Å². The number of halogens is 2. The Balaban J connectivity index is 2.80. The van der Waals surface area contributed by atoms with Crippen LogP contribution in [0.3, 0.4) is 0 Å². The summed E-state index contributed by atoms with van der Waals surface area (Å²) in [5.74, 6) is -0.827. The molecule has 0 radical (unpaired) electrons. The van der Waals surface area contributed by atoms with E-state index in [9.17, 15) is 13.6 Å². The van der Waals surface area contributed by atoms with Gasteiger partial charge in [-0.25, -0.2) is 13.6 Å². The zero-order valence-corrected chi connectivity index (χ0v) is 8.96. The van der Waals surface area contributed by atoms with Gasteiger partial charge in [-0.3, -0.25) is 0 Å². The maximum Gasteiger partial charge on any atom is 0.335 e. The Morgan fingerprint density at radius 1 is 1.41 bits per heavy atom. The number of benzene rings is 1. The molecule has 1 aromatic rings. The van der Waals surface area contributed by atoms with Gasteiger partial charge in [-0.2, -0.15) is 0 Å². The van der Waals surface area contributed by atoms with Crippen molar-refractivity contribution in [3.05, 3.63) is 29.3 Å². The number of carboxylic acid groups (broad SMARTS) is 1. The number of nitrogens with one attached hydrogen (secondary N) is 1. The molecule has 0 aliphatic rings. The van der Waals surface area contributed by atoms with E-state index in [1.165, 1.54) is 0 Å². The summed E-state index contributed by atoms with van der Waals surface area (Å²) in [6.07, 6.45) is 6.11. The summed E-state index contributed by atoms with van der Waals surface area (Å²) in [6, 6.07) is 1.55. The standard InChI is InChI=1S/C12H11F2NO2/c1-2-3-4-5-15-11-9(13)6-8(12(16)17)7-10(11)14/h1,6-7,15H,3-5H2,(H,16,17). The fourth-order valence-corrected chi connectivity index (χ4v) is 1.27. The molecule has 0 atom stereocenters. The number of aromatic carboxylic acids is 1. The highest BCUT2D eigenvalue weighted by Crippen LogP contribution is 2.20. The van der Waals surface area contributed by atoms with E-state index in [2.05, 4.69) is 11.2 Å². The van der Waals surface area contributed by atoms with Gasteiger partial charge in [0.1, 0.15) is 17.3 Å². The molecule has 0 aliphatic heterocycles. The molecule has 0 unspecified atom stereocenters. The molecule has 0 aromatic heterocycles. The quantitative estimate of drug-likeness (QED) is 0.613. The van der Waals surface area contributed by atoms with Gasteiger partial charge in [0.15, 0.2) is 0 Å². The molecule has 2 N–H and O–H groups in total. The number of carbonyl (C=O) groups is 1. The molecular formula is C12H11F2NO2. The Morgan fingerprint density at radius 2 is 2.00 bits per heavy atom. The molecule has 1 aromatic carbocycles. The highest BCUT2D eigenvalue weighted by Gasteiger charge is 2.13. The number of unbranched alkanes of at least 4 members (excludes halogenated alkanes) is 1. The third-order valence-electron chi connectivity index (χ3n) is 2.09. The lowest BCUT2D eigenvalue weighted by molar-refractivity contribution is 0.0696. The monoisotopic (exact) mass is 239 g/mol. The number of terminal acetylenes is 1. The third kappa shape index (κ3) is 3.45. The number of hydrogen-bond acceptors (Lipinski definition) is 2. The second kappa shape index (κ2) is 5.85. The second-order valence-electron chi connectivity index (χ2n) is 3.35. The Hall–Kier alpha value is -2.09. The number of carboxylic acids is 1. The fourth-order valence-electron chi connectivity index (χ4n) is 1.27. The molecule has 90 valence electrons. The summed E-state index contributed by atoms with van der Waals surface area (Å²) in [7, 11) is 0. The summed E-state index contributed by atoms with van der Waals surface area (Å²) in [5, 5.41) is 11.1. The van der Waals surface area contributed by atoms with Crippen molar-refractivity contribution < 1.29 is 18.7 Å². The minimum absolute atomic E-state index is 0.324. The highest BCUT2D eigenvalue weighted by molar-refractivity contribution is 5.88. The van der Waals surface area contributed by atoms with Gasteiger partial charge in [0, 0.05) is 13.0 Å². The van der Waals surface area contributed by atoms with E-state index >= 15 is 0 Å². The predicted molar refractivity (Wildman–Crippen MR) is 59.9 cm³/mol. The molecular weight excluding hydrogens is 228 g/mol. The van der Waals surface area contributed by atoms with Crippen LogP contribution in [0.5, 0.6) is 0 Å². The van der Waals surface area contributed by atoms with Crippen molar-refractivity contribution in [2.75, 3.05) is 11.9 Å². The average molecular weight is 239 g/mol. The van der Waals surface area contributed by atoms with Gasteiger partial charge in [-0.05, 0) is 18.6 Å². The van der Waals surface area contributed by atoms with E-state index in [4.69, 9.17) is 11.5 Å². The summed E-state index contributed by atoms with van der Waals surface area (Å²) < 4.78 is 26.7. The van der Waals surface area contributed by atoms with Crippen LogP contribution in [0.15, 0.2) is 12.1 Å². The summed E-state index contributed by atoms with van der Waals surface area (Å²) in [5.41, 5.74) is -0.749. The van der Waals surface area contributed by atoms with Crippen molar-refractivity contribution in [3.8, 4) is 12.3 Å². The van der Waals surface area contributed by atoms with Gasteiger partial charge >= 0.3 is 5.97 Å². The van der Waals surface area contributed by atoms with Crippen LogP contribution in [-0.2, 0) is 0 Å². The molecule has 0 aliphatic carbocycles. The van der Waals surface area contributed by atoms with Crippen molar-refractivity contribution in [1.82, 2.24) is 0 Å². The van der Waals surface area contributed by atoms with Gasteiger partial charge in [0.25, 0.3) is 0 Å². The number of rotatable bonds is 5. The largest absolute Gasteiger partial charge is 0.478 e. The number of hydrogen-bond donors (Lipinski definition) is 2. The molecule has 0 spiro atoms. The van der Waals surface area contributed by atoms with Gasteiger partial charge in [-0.15, -0.1) is 12.3 Å². The van der Waals surface area contributed by atoms with E-state index in [0.29, 0.717) is 19.4 Å². The van der Waals surface area contributed by atoms with Gasteiger partial charge < -0.3 is 10.4 Å². The van der Waals surface area contributed by atoms with E-state index < -0.39 is 23.2 Å². The Kier molecular flexibility index (Phi) is 4.46. The zero-order valence-electron chi connectivity index (χ0n) is 8.96. The predicted octanol–water partition coefficient (Wildman–Crippen LogP) is 2.49. The molecule has 0 saturated heterocycles. The lowest BCUT2D eigenvalue weighted by Crippen LogP contribution is -2.07. The minimum atomic E-state index is -1.37. The highest BCUT2D eigenvalue weighted by atomic mass is 19.1. The van der Waals surface area contributed by atoms with Gasteiger partial charge in [0.05, 0.1) is 5.56 Å². The second-order valence-corrected chi connectivity index (χ2v) is 3.35. The van der Waals surface area contributed by atoms with Crippen LogP contribution in [0.2, 0.25) is 0 Å². The topological polar surface area (TPSA) is 49.3 Å². The van der Waals surface area contributed by atoms with E-state index in [1.54, 1.807) is 0 Å². The SMILES string of the molecule is C#CCCCNc1c(F)cc(C(=O)O)cc1F. The van der Waals surface area contributed by atoms with Crippen LogP contribution < -0.4 is 5.32 Å². The van der Waals surface area contributed by atoms with Crippen LogP contribution in [0.1, 0.15) is 23.2 Å². The van der Waals surface area contributed by atoms with E-state index in [-0.39, 0.29) is 5.69 Å². The van der Waals surface area contributed by atoms with Crippen LogP contribution in [0, 0.1) is 24.0 Å². The Labute approximate surface area is 97.5 Å². The lowest BCUT2D eigenvalue weighted by atomic mass is 10.2. The van der Waals surface area contributed by atoms with Gasteiger partial charge in [0.2, 0.25) is 0 Å². The Bertz CT molecular complexity index is 443. The fraction of sp³-hybridized carbons (Fsp3) is 0.250. The smallest absolute Gasteiger partial charge is 0.335 e. The van der Waals surface area contributed by atoms with Crippen LogP contribution in [0.4, 0.5) is 14.5 Å². The maximum atomic E-state index is 13.4. The van der Waals surface area contributed by atoms with Crippen molar-refractivity contribution in [1.29, 1.82) is 0 Å². The Morgan fingerprint density at radius 3 is 2.47 bits per heavy atom. The van der Waals surface area contributed by atoms with E-state index in [0.717, 1.165) is 12.1 Å². The summed E-state index contributed by atoms with van der Waals surface area (Å²) in [6.45, 7) is 0.324. The maximum absolute atomic E-state index is 13.4. The molecule has 1 rings (SSSR count). The van der Waals surface area contributed by atoms with Crippen molar-refractivity contribution in [3.63, 3.8) is 0 Å². The lowest BCUT2D eigenvalue weighted by Gasteiger charge is -2.08. The van der Waals surface area contributed by atoms with Crippen molar-refractivity contribution >= 4 is 11.7 Å².